The van der Waals surface area contributed by atoms with E-state index in [2.05, 4.69) is 15.3 Å². The van der Waals surface area contributed by atoms with Crippen LogP contribution in [0.4, 0.5) is 5.82 Å². The molecule has 0 saturated carbocycles. The van der Waals surface area contributed by atoms with Crippen LogP contribution in [0, 0.1) is 13.8 Å². The van der Waals surface area contributed by atoms with Gasteiger partial charge in [0.1, 0.15) is 5.82 Å². The minimum absolute atomic E-state index is 0.0563. The minimum atomic E-state index is 0.0563. The van der Waals surface area contributed by atoms with Gasteiger partial charge in [-0.15, -0.1) is 0 Å². The smallest absolute Gasteiger partial charge is 0.250 e. The third kappa shape index (κ3) is 3.91. The van der Waals surface area contributed by atoms with E-state index in [-0.39, 0.29) is 5.56 Å². The van der Waals surface area contributed by atoms with Crippen molar-refractivity contribution in [2.75, 3.05) is 11.9 Å². The number of rotatable bonds is 6. The van der Waals surface area contributed by atoms with Crippen molar-refractivity contribution >= 4 is 5.82 Å². The second-order valence-electron chi connectivity index (χ2n) is 4.81. The van der Waals surface area contributed by atoms with Crippen molar-refractivity contribution in [1.82, 2.24) is 14.5 Å². The van der Waals surface area contributed by atoms with Gasteiger partial charge in [-0.3, -0.25) is 9.78 Å². The lowest BCUT2D eigenvalue weighted by Crippen LogP contribution is -2.18. The van der Waals surface area contributed by atoms with Crippen LogP contribution in [0.25, 0.3) is 0 Å². The molecule has 5 heteroatoms. The second-order valence-corrected chi connectivity index (χ2v) is 4.81. The van der Waals surface area contributed by atoms with Gasteiger partial charge in [0.2, 0.25) is 5.56 Å². The fourth-order valence-corrected chi connectivity index (χ4v) is 1.96. The summed E-state index contributed by atoms with van der Waals surface area (Å²) >= 11 is 0. The highest BCUT2D eigenvalue weighted by Crippen LogP contribution is 2.08. The third-order valence-electron chi connectivity index (χ3n) is 3.09. The molecule has 0 saturated heterocycles. The zero-order valence-electron chi connectivity index (χ0n) is 12.0. The molecule has 1 N–H and O–H groups in total. The van der Waals surface area contributed by atoms with Gasteiger partial charge in [-0.1, -0.05) is 6.07 Å². The number of aromatic nitrogens is 3. The summed E-state index contributed by atoms with van der Waals surface area (Å²) in [5.74, 6) is 0.849. The first-order chi connectivity index (χ1) is 9.66. The maximum absolute atomic E-state index is 11.5. The molecule has 0 spiro atoms. The van der Waals surface area contributed by atoms with E-state index < -0.39 is 0 Å². The molecule has 0 aliphatic carbocycles. The Labute approximate surface area is 118 Å². The van der Waals surface area contributed by atoms with Crippen molar-refractivity contribution in [3.05, 3.63) is 52.3 Å². The molecule has 0 radical (unpaired) electrons. The van der Waals surface area contributed by atoms with Gasteiger partial charge in [-0.05, 0) is 32.8 Å². The molecule has 2 aromatic heterocycles. The summed E-state index contributed by atoms with van der Waals surface area (Å²) in [4.78, 5) is 20.2. The van der Waals surface area contributed by atoms with E-state index in [1.54, 1.807) is 22.9 Å². The first-order valence-electron chi connectivity index (χ1n) is 6.86. The number of nitrogens with one attached hydrogen (secondary N) is 1. The molecule has 0 amide bonds. The lowest BCUT2D eigenvalue weighted by molar-refractivity contribution is 0.604. The maximum atomic E-state index is 11.5. The molecule has 0 aliphatic rings. The summed E-state index contributed by atoms with van der Waals surface area (Å²) in [5.41, 5.74) is 1.88. The molecular formula is C15H20N4O. The summed E-state index contributed by atoms with van der Waals surface area (Å²) in [6.07, 6.45) is 5.53. The number of nitrogens with zero attached hydrogens (tertiary/aromatic N) is 3. The maximum Gasteiger partial charge on any atom is 0.250 e. The molecule has 0 aliphatic heterocycles. The van der Waals surface area contributed by atoms with E-state index in [1.165, 1.54) is 0 Å². The van der Waals surface area contributed by atoms with Crippen molar-refractivity contribution in [1.29, 1.82) is 0 Å². The lowest BCUT2D eigenvalue weighted by Gasteiger charge is -2.09. The Hall–Kier alpha value is -2.17. The van der Waals surface area contributed by atoms with Gasteiger partial charge in [0, 0.05) is 31.5 Å². The monoisotopic (exact) mass is 272 g/mol. The van der Waals surface area contributed by atoms with Gasteiger partial charge in [0.25, 0.3) is 0 Å². The highest BCUT2D eigenvalue weighted by molar-refractivity contribution is 5.39. The fraction of sp³-hybridized carbons (Fsp3) is 0.400. The number of hydrogen-bond donors (Lipinski definition) is 1. The molecule has 0 unspecified atom stereocenters. The van der Waals surface area contributed by atoms with Crippen LogP contribution in [0.3, 0.4) is 0 Å². The van der Waals surface area contributed by atoms with E-state index in [4.69, 9.17) is 0 Å². The van der Waals surface area contributed by atoms with Gasteiger partial charge in [0.15, 0.2) is 0 Å². The Morgan fingerprint density at radius 1 is 1.25 bits per heavy atom. The molecule has 2 rings (SSSR count). The van der Waals surface area contributed by atoms with Gasteiger partial charge in [-0.25, -0.2) is 4.98 Å². The molecule has 2 aromatic rings. The Bertz CT molecular complexity index is 621. The first kappa shape index (κ1) is 14.2. The van der Waals surface area contributed by atoms with Crippen LogP contribution in [0.2, 0.25) is 0 Å². The van der Waals surface area contributed by atoms with Gasteiger partial charge in [-0.2, -0.15) is 0 Å². The number of hydrogen-bond acceptors (Lipinski definition) is 4. The second kappa shape index (κ2) is 6.84. The minimum Gasteiger partial charge on any atom is -0.369 e. The molecule has 0 atom stereocenters. The number of anilines is 1. The SMILES string of the molecule is Cc1cnc(C)c(NCCCCn2ccccc2=O)n1. The predicted octanol–water partition coefficient (Wildman–Crippen LogP) is 2.15. The molecular weight excluding hydrogens is 252 g/mol. The van der Waals surface area contributed by atoms with Gasteiger partial charge in [0.05, 0.1) is 11.4 Å². The van der Waals surface area contributed by atoms with Crippen LogP contribution in [0.1, 0.15) is 24.2 Å². The third-order valence-corrected chi connectivity index (χ3v) is 3.09. The van der Waals surface area contributed by atoms with Crippen molar-refractivity contribution in [2.45, 2.75) is 33.2 Å². The van der Waals surface area contributed by atoms with Crippen molar-refractivity contribution < 1.29 is 0 Å². The first-order valence-corrected chi connectivity index (χ1v) is 6.86. The highest BCUT2D eigenvalue weighted by atomic mass is 16.1. The van der Waals surface area contributed by atoms with Crippen LogP contribution in [0.5, 0.6) is 0 Å². The van der Waals surface area contributed by atoms with E-state index in [1.807, 2.05) is 26.1 Å². The molecule has 0 bridgehead atoms. The molecule has 106 valence electrons. The Morgan fingerprint density at radius 3 is 2.90 bits per heavy atom. The molecule has 0 fully saturated rings. The summed E-state index contributed by atoms with van der Waals surface area (Å²) in [6, 6.07) is 5.23. The zero-order valence-corrected chi connectivity index (χ0v) is 12.0. The number of unbranched alkanes of at least 4 members (excludes halogenated alkanes) is 1. The topological polar surface area (TPSA) is 59.8 Å². The van der Waals surface area contributed by atoms with Gasteiger partial charge >= 0.3 is 0 Å². The molecule has 0 aromatic carbocycles. The summed E-state index contributed by atoms with van der Waals surface area (Å²) in [7, 11) is 0. The predicted molar refractivity (Wildman–Crippen MR) is 79.9 cm³/mol. The summed E-state index contributed by atoms with van der Waals surface area (Å²) in [6.45, 7) is 5.46. The molecule has 20 heavy (non-hydrogen) atoms. The van der Waals surface area contributed by atoms with E-state index >= 15 is 0 Å². The highest BCUT2D eigenvalue weighted by Gasteiger charge is 2.00. The van der Waals surface area contributed by atoms with E-state index in [9.17, 15) is 4.79 Å². The number of pyridine rings is 1. The van der Waals surface area contributed by atoms with Crippen LogP contribution in [-0.2, 0) is 6.54 Å². The standard InChI is InChI=1S/C15H20N4O/c1-12-11-17-13(2)15(18-12)16-8-4-6-10-19-9-5-3-7-14(19)20/h3,5,7,9,11H,4,6,8,10H2,1-2H3,(H,16,18). The van der Waals surface area contributed by atoms with E-state index in [0.717, 1.165) is 43.1 Å². The average molecular weight is 272 g/mol. The zero-order chi connectivity index (χ0) is 14.4. The summed E-state index contributed by atoms with van der Waals surface area (Å²) in [5, 5.41) is 3.29. The van der Waals surface area contributed by atoms with Crippen LogP contribution in [0.15, 0.2) is 35.4 Å². The number of aryl methyl sites for hydroxylation is 3. The lowest BCUT2D eigenvalue weighted by atomic mass is 10.3. The van der Waals surface area contributed by atoms with Crippen molar-refractivity contribution in [3.8, 4) is 0 Å². The van der Waals surface area contributed by atoms with Gasteiger partial charge < -0.3 is 9.88 Å². The fourth-order valence-electron chi connectivity index (χ4n) is 1.96. The van der Waals surface area contributed by atoms with Crippen molar-refractivity contribution in [3.63, 3.8) is 0 Å². The van der Waals surface area contributed by atoms with E-state index in [0.29, 0.717) is 0 Å². The Kier molecular flexibility index (Phi) is 4.87. The summed E-state index contributed by atoms with van der Waals surface area (Å²) < 4.78 is 1.73. The largest absolute Gasteiger partial charge is 0.369 e. The molecule has 2 heterocycles. The normalized spacial score (nSPS) is 10.5. The quantitative estimate of drug-likeness (QED) is 0.819. The van der Waals surface area contributed by atoms with Crippen LogP contribution >= 0.6 is 0 Å². The Morgan fingerprint density at radius 2 is 2.10 bits per heavy atom. The van der Waals surface area contributed by atoms with Crippen LogP contribution in [-0.4, -0.2) is 21.1 Å². The van der Waals surface area contributed by atoms with Crippen molar-refractivity contribution in [2.24, 2.45) is 0 Å². The average Bonchev–Trinajstić information content (AvgIpc) is 2.44. The molecule has 5 nitrogen and oxygen atoms in total. The Balaban J connectivity index is 1.76. The van der Waals surface area contributed by atoms with Crippen LogP contribution < -0.4 is 10.9 Å².